The first-order valence-electron chi connectivity index (χ1n) is 15.1. The van der Waals surface area contributed by atoms with E-state index in [1.807, 2.05) is 48.5 Å². The van der Waals surface area contributed by atoms with Gasteiger partial charge in [-0.25, -0.2) is 17.6 Å². The summed E-state index contributed by atoms with van der Waals surface area (Å²) in [4.78, 5) is 0. The Hall–Kier alpha value is -4.36. The third-order valence-electron chi connectivity index (χ3n) is 8.77. The molecule has 0 saturated carbocycles. The Morgan fingerprint density at radius 3 is 0.891 bits per heavy atom. The predicted octanol–water partition coefficient (Wildman–Crippen LogP) is 8.16. The normalized spacial score (nSPS) is 12.6. The average molecular weight is 645 g/mol. The number of hydrogen-bond acceptors (Lipinski definition) is 0. The lowest BCUT2D eigenvalue weighted by Gasteiger charge is -2.27. The molecule has 0 bridgehead atoms. The maximum Gasteiger partial charge on any atom is 0.123 e. The van der Waals surface area contributed by atoms with Gasteiger partial charge in [0.15, 0.2) is 0 Å². The molecule has 224 valence electrons. The molecule has 0 nitrogen and oxygen atoms in total. The lowest BCUT2D eigenvalue weighted by molar-refractivity contribution is 0.628. The molecule has 46 heavy (non-hydrogen) atoms. The number of aryl methyl sites for hydroxylation is 2. The first-order valence-corrected chi connectivity index (χ1v) is 17.8. The van der Waals surface area contributed by atoms with Gasteiger partial charge in [-0.05, 0) is 142 Å². The minimum Gasteiger partial charge on any atom is -0.207 e. The Morgan fingerprint density at radius 1 is 0.326 bits per heavy atom. The van der Waals surface area contributed by atoms with Gasteiger partial charge >= 0.3 is 0 Å². The fraction of sp³-hybridized carbons (Fsp3) is 0.0500. The summed E-state index contributed by atoms with van der Waals surface area (Å²) in [6, 6.07) is 39.8. The topological polar surface area (TPSA) is 0 Å². The lowest BCUT2D eigenvalue weighted by Crippen LogP contribution is -2.23. The summed E-state index contributed by atoms with van der Waals surface area (Å²) < 4.78 is 56.2. The maximum absolute atomic E-state index is 14.1. The highest BCUT2D eigenvalue weighted by atomic mass is 31.1. The zero-order valence-electron chi connectivity index (χ0n) is 24.5. The quantitative estimate of drug-likeness (QED) is 0.0974. The van der Waals surface area contributed by atoms with Gasteiger partial charge in [-0.15, -0.1) is 0 Å². The zero-order chi connectivity index (χ0) is 31.4. The second-order valence-corrected chi connectivity index (χ2v) is 15.8. The smallest absolute Gasteiger partial charge is 0.123 e. The van der Waals surface area contributed by atoms with E-state index in [2.05, 4.69) is 36.4 Å². The SMILES string of the molecule is Fc1ccc(P(c2ccc(F)cc2)c2ccc3c4c2ccc2c(P(c5ccc(F)cc5)c5ccc(F)cc5)ccc(c24)CC3)cc1. The number of benzene rings is 7. The summed E-state index contributed by atoms with van der Waals surface area (Å²) in [6.07, 6.45) is 1.83. The van der Waals surface area contributed by atoms with Gasteiger partial charge in [0.2, 0.25) is 0 Å². The van der Waals surface area contributed by atoms with Crippen molar-refractivity contribution in [2.45, 2.75) is 12.8 Å². The van der Waals surface area contributed by atoms with E-state index in [9.17, 15) is 17.6 Å². The van der Waals surface area contributed by atoms with Gasteiger partial charge in [0.05, 0.1) is 0 Å². The van der Waals surface area contributed by atoms with Crippen molar-refractivity contribution < 1.29 is 17.6 Å². The molecular weight excluding hydrogens is 618 g/mol. The van der Waals surface area contributed by atoms with Crippen molar-refractivity contribution in [3.8, 4) is 0 Å². The van der Waals surface area contributed by atoms with Gasteiger partial charge < -0.3 is 0 Å². The molecule has 1 aliphatic carbocycles. The summed E-state index contributed by atoms with van der Waals surface area (Å²) in [5.41, 5.74) is 2.55. The van der Waals surface area contributed by atoms with Gasteiger partial charge in [0, 0.05) is 0 Å². The van der Waals surface area contributed by atoms with Crippen LogP contribution in [0.25, 0.3) is 21.5 Å². The van der Waals surface area contributed by atoms with Crippen LogP contribution in [0.15, 0.2) is 133 Å². The third-order valence-corrected chi connectivity index (χ3v) is 13.8. The van der Waals surface area contributed by atoms with Crippen molar-refractivity contribution in [1.29, 1.82) is 0 Å². The average Bonchev–Trinajstić information content (AvgIpc) is 3.08. The second-order valence-electron chi connectivity index (χ2n) is 11.5. The molecule has 1 aliphatic rings. The van der Waals surface area contributed by atoms with Crippen LogP contribution < -0.4 is 31.8 Å². The van der Waals surface area contributed by atoms with Crippen LogP contribution >= 0.6 is 15.8 Å². The summed E-state index contributed by atoms with van der Waals surface area (Å²) in [6.45, 7) is 0. The molecule has 0 heterocycles. The first kappa shape index (κ1) is 29.1. The standard InChI is InChI=1S/C40H26F4P2/c41-27-5-13-31(14-6-27)45(32-15-7-28(42)8-16-32)37-23-3-25-1-2-26-4-24-38(36-22-21-35(37)39(25)40(26)36)46(33-17-9-29(43)10-18-33)34-19-11-30(44)12-20-34/h3-24H,1-2H2. The Labute approximate surface area is 266 Å². The first-order chi connectivity index (χ1) is 22.4. The van der Waals surface area contributed by atoms with E-state index < -0.39 is 15.8 Å². The van der Waals surface area contributed by atoms with Gasteiger partial charge in [-0.2, -0.15) is 0 Å². The van der Waals surface area contributed by atoms with E-state index in [0.29, 0.717) is 0 Å². The number of rotatable bonds is 6. The molecule has 0 fully saturated rings. The van der Waals surface area contributed by atoms with Gasteiger partial charge in [0.1, 0.15) is 23.3 Å². The van der Waals surface area contributed by atoms with Crippen molar-refractivity contribution in [2.24, 2.45) is 0 Å². The van der Waals surface area contributed by atoms with E-state index in [4.69, 9.17) is 0 Å². The van der Waals surface area contributed by atoms with Gasteiger partial charge in [-0.3, -0.25) is 0 Å². The Kier molecular flexibility index (Phi) is 7.44. The largest absolute Gasteiger partial charge is 0.207 e. The number of halogens is 4. The van der Waals surface area contributed by atoms with E-state index in [-0.39, 0.29) is 23.3 Å². The van der Waals surface area contributed by atoms with Crippen molar-refractivity contribution in [2.75, 3.05) is 0 Å². The highest BCUT2D eigenvalue weighted by Crippen LogP contribution is 2.44. The van der Waals surface area contributed by atoms with E-state index in [0.717, 1.165) is 55.4 Å². The summed E-state index contributed by atoms with van der Waals surface area (Å²) in [7, 11) is -2.25. The molecule has 0 amide bonds. The molecule has 7 aromatic rings. The van der Waals surface area contributed by atoms with Crippen LogP contribution in [0.2, 0.25) is 0 Å². The monoisotopic (exact) mass is 644 g/mol. The number of hydrogen-bond donors (Lipinski definition) is 0. The summed E-state index contributed by atoms with van der Waals surface area (Å²) >= 11 is 0. The molecule has 0 aromatic heterocycles. The van der Waals surface area contributed by atoms with Crippen LogP contribution in [0.5, 0.6) is 0 Å². The van der Waals surface area contributed by atoms with Crippen molar-refractivity contribution in [3.63, 3.8) is 0 Å². The molecule has 8 rings (SSSR count). The van der Waals surface area contributed by atoms with Crippen LogP contribution in [0.4, 0.5) is 17.6 Å². The predicted molar refractivity (Wildman–Crippen MR) is 186 cm³/mol. The third kappa shape index (κ3) is 5.11. The molecule has 0 spiro atoms. The molecule has 0 radical (unpaired) electrons. The van der Waals surface area contributed by atoms with Crippen LogP contribution in [-0.2, 0) is 12.8 Å². The molecule has 0 atom stereocenters. The molecule has 0 N–H and O–H groups in total. The van der Waals surface area contributed by atoms with Gasteiger partial charge in [0.25, 0.3) is 0 Å². The van der Waals surface area contributed by atoms with Crippen LogP contribution in [-0.4, -0.2) is 0 Å². The van der Waals surface area contributed by atoms with Crippen molar-refractivity contribution in [3.05, 3.63) is 168 Å². The summed E-state index contributed by atoms with van der Waals surface area (Å²) in [5.74, 6) is -1.19. The zero-order valence-corrected chi connectivity index (χ0v) is 26.3. The minimum absolute atomic E-state index is 0.297. The van der Waals surface area contributed by atoms with Crippen molar-refractivity contribution >= 4 is 69.2 Å². The molecular formula is C40H26F4P2. The summed E-state index contributed by atoms with van der Waals surface area (Å²) in [5, 5.41) is 10.9. The molecule has 7 aromatic carbocycles. The molecule has 6 heteroatoms. The lowest BCUT2D eigenvalue weighted by atomic mass is 9.86. The second kappa shape index (κ2) is 11.8. The maximum atomic E-state index is 14.1. The van der Waals surface area contributed by atoms with Crippen molar-refractivity contribution in [1.82, 2.24) is 0 Å². The Bertz CT molecular complexity index is 1980. The highest BCUT2D eigenvalue weighted by Gasteiger charge is 2.26. The highest BCUT2D eigenvalue weighted by molar-refractivity contribution is 7.80. The van der Waals surface area contributed by atoms with E-state index in [1.165, 1.54) is 70.4 Å². The molecule has 0 aliphatic heterocycles. The fourth-order valence-corrected chi connectivity index (χ4v) is 11.5. The molecule has 0 unspecified atom stereocenters. The molecule has 0 saturated heterocycles. The fourth-order valence-electron chi connectivity index (χ4n) is 6.69. The van der Waals surface area contributed by atoms with E-state index >= 15 is 0 Å². The Morgan fingerprint density at radius 2 is 0.609 bits per heavy atom. The van der Waals surface area contributed by atoms with Gasteiger partial charge in [-0.1, -0.05) is 84.9 Å². The van der Waals surface area contributed by atoms with Crippen LogP contribution in [0, 0.1) is 23.3 Å². The Balaban J connectivity index is 1.39. The van der Waals surface area contributed by atoms with E-state index in [1.54, 1.807) is 0 Å². The van der Waals surface area contributed by atoms with Crippen LogP contribution in [0.3, 0.4) is 0 Å². The van der Waals surface area contributed by atoms with Crippen LogP contribution in [0.1, 0.15) is 11.1 Å². The minimum atomic E-state index is -1.12.